The van der Waals surface area contributed by atoms with Crippen LogP contribution in [0.5, 0.6) is 0 Å². The smallest absolute Gasteiger partial charge is 0.270 e. The molecule has 0 radical (unpaired) electrons. The fourth-order valence-corrected chi connectivity index (χ4v) is 2.92. The number of hydrogen-bond acceptors (Lipinski definition) is 2. The third kappa shape index (κ3) is 2.43. The van der Waals surface area contributed by atoms with Gasteiger partial charge in [-0.2, -0.15) is 0 Å². The van der Waals surface area contributed by atoms with Crippen molar-refractivity contribution >= 4 is 16.8 Å². The van der Waals surface area contributed by atoms with Crippen LogP contribution >= 0.6 is 0 Å². The molecule has 1 N–H and O–H groups in total. The highest BCUT2D eigenvalue weighted by atomic mass is 16.2. The summed E-state index contributed by atoms with van der Waals surface area (Å²) in [6.07, 6.45) is 2.25. The summed E-state index contributed by atoms with van der Waals surface area (Å²) in [6, 6.07) is 10.4. The predicted molar refractivity (Wildman–Crippen MR) is 80.9 cm³/mol. The van der Waals surface area contributed by atoms with Crippen molar-refractivity contribution in [1.29, 1.82) is 0 Å². The summed E-state index contributed by atoms with van der Waals surface area (Å²) >= 11 is 0. The second kappa shape index (κ2) is 5.29. The van der Waals surface area contributed by atoms with E-state index < -0.39 is 0 Å². The second-order valence-corrected chi connectivity index (χ2v) is 5.78. The van der Waals surface area contributed by atoms with Gasteiger partial charge in [-0.05, 0) is 39.1 Å². The first-order chi connectivity index (χ1) is 9.65. The van der Waals surface area contributed by atoms with Crippen molar-refractivity contribution in [2.45, 2.75) is 18.9 Å². The number of para-hydroxylation sites is 1. The molecule has 2 heterocycles. The Morgan fingerprint density at radius 1 is 1.35 bits per heavy atom. The van der Waals surface area contributed by atoms with Crippen LogP contribution in [0.2, 0.25) is 0 Å². The molecule has 0 aliphatic carbocycles. The quantitative estimate of drug-likeness (QED) is 0.910. The van der Waals surface area contributed by atoms with E-state index in [1.54, 1.807) is 0 Å². The SMILES string of the molecule is CN(C)C1CCCN(C(=O)c2cc3ccccc3[nH]2)C1. The average molecular weight is 271 g/mol. The topological polar surface area (TPSA) is 39.3 Å². The van der Waals surface area contributed by atoms with Gasteiger partial charge >= 0.3 is 0 Å². The Balaban J connectivity index is 1.81. The summed E-state index contributed by atoms with van der Waals surface area (Å²) in [6.45, 7) is 1.68. The van der Waals surface area contributed by atoms with Crippen LogP contribution in [-0.2, 0) is 0 Å². The number of benzene rings is 1. The zero-order chi connectivity index (χ0) is 14.1. The maximum absolute atomic E-state index is 12.6. The number of hydrogen-bond donors (Lipinski definition) is 1. The lowest BCUT2D eigenvalue weighted by Gasteiger charge is -2.35. The van der Waals surface area contributed by atoms with Crippen LogP contribution in [0.4, 0.5) is 0 Å². The van der Waals surface area contributed by atoms with Crippen molar-refractivity contribution in [2.24, 2.45) is 0 Å². The van der Waals surface area contributed by atoms with E-state index in [1.807, 2.05) is 35.2 Å². The van der Waals surface area contributed by atoms with Gasteiger partial charge in [0.05, 0.1) is 0 Å². The first-order valence-electron chi connectivity index (χ1n) is 7.18. The molecule has 0 bridgehead atoms. The zero-order valence-electron chi connectivity index (χ0n) is 12.1. The molecule has 1 atom stereocenters. The number of fused-ring (bicyclic) bond motifs is 1. The molecular formula is C16H21N3O. The van der Waals surface area contributed by atoms with E-state index in [4.69, 9.17) is 0 Å². The van der Waals surface area contributed by atoms with Gasteiger partial charge in [0.15, 0.2) is 0 Å². The molecule has 3 rings (SSSR count). The molecule has 1 aliphatic rings. The minimum Gasteiger partial charge on any atom is -0.351 e. The first kappa shape index (κ1) is 13.2. The van der Waals surface area contributed by atoms with E-state index in [9.17, 15) is 4.79 Å². The van der Waals surface area contributed by atoms with E-state index in [0.29, 0.717) is 11.7 Å². The van der Waals surface area contributed by atoms with Crippen LogP contribution in [0, 0.1) is 0 Å². The number of aromatic amines is 1. The maximum atomic E-state index is 12.6. The molecule has 1 amide bonds. The molecule has 1 fully saturated rings. The fourth-order valence-electron chi connectivity index (χ4n) is 2.92. The normalized spacial score (nSPS) is 19.8. The van der Waals surface area contributed by atoms with Crippen molar-refractivity contribution in [3.05, 3.63) is 36.0 Å². The van der Waals surface area contributed by atoms with Gasteiger partial charge in [-0.3, -0.25) is 4.79 Å². The van der Waals surface area contributed by atoms with Gasteiger partial charge in [-0.15, -0.1) is 0 Å². The number of rotatable bonds is 2. The summed E-state index contributed by atoms with van der Waals surface area (Å²) in [4.78, 5) is 20.0. The molecule has 0 saturated carbocycles. The standard InChI is InChI=1S/C16H21N3O/c1-18(2)13-7-5-9-19(11-13)16(20)15-10-12-6-3-4-8-14(12)17-15/h3-4,6,8,10,13,17H,5,7,9,11H2,1-2H3. The number of carbonyl (C=O) groups is 1. The average Bonchev–Trinajstić information content (AvgIpc) is 2.90. The molecule has 4 nitrogen and oxygen atoms in total. The lowest BCUT2D eigenvalue weighted by Crippen LogP contribution is -2.47. The van der Waals surface area contributed by atoms with Crippen LogP contribution in [-0.4, -0.2) is 53.9 Å². The molecule has 1 aromatic carbocycles. The van der Waals surface area contributed by atoms with E-state index in [-0.39, 0.29) is 5.91 Å². The third-order valence-electron chi connectivity index (χ3n) is 4.17. The minimum absolute atomic E-state index is 0.118. The number of amides is 1. The fraction of sp³-hybridized carbons (Fsp3) is 0.438. The van der Waals surface area contributed by atoms with Gasteiger partial charge in [0.1, 0.15) is 5.69 Å². The summed E-state index contributed by atoms with van der Waals surface area (Å²) < 4.78 is 0. The Kier molecular flexibility index (Phi) is 3.49. The van der Waals surface area contributed by atoms with Crippen LogP contribution in [0.3, 0.4) is 0 Å². The zero-order valence-corrected chi connectivity index (χ0v) is 12.1. The molecule has 20 heavy (non-hydrogen) atoms. The van der Waals surface area contributed by atoms with Crippen LogP contribution in [0.25, 0.3) is 10.9 Å². The molecule has 2 aromatic rings. The molecule has 1 saturated heterocycles. The highest BCUT2D eigenvalue weighted by molar-refractivity contribution is 5.98. The van der Waals surface area contributed by atoms with Gasteiger partial charge in [-0.25, -0.2) is 0 Å². The number of carbonyl (C=O) groups excluding carboxylic acids is 1. The van der Waals surface area contributed by atoms with Crippen molar-refractivity contribution in [3.8, 4) is 0 Å². The molecule has 1 unspecified atom stereocenters. The van der Waals surface area contributed by atoms with Gasteiger partial charge in [0.2, 0.25) is 0 Å². The monoisotopic (exact) mass is 271 g/mol. The lowest BCUT2D eigenvalue weighted by molar-refractivity contribution is 0.0630. The number of likely N-dealkylation sites (tertiary alicyclic amines) is 1. The van der Waals surface area contributed by atoms with Crippen molar-refractivity contribution in [1.82, 2.24) is 14.8 Å². The van der Waals surface area contributed by atoms with Crippen molar-refractivity contribution < 1.29 is 4.79 Å². The predicted octanol–water partition coefficient (Wildman–Crippen LogP) is 2.33. The minimum atomic E-state index is 0.118. The Morgan fingerprint density at radius 3 is 2.90 bits per heavy atom. The number of nitrogens with one attached hydrogen (secondary N) is 1. The second-order valence-electron chi connectivity index (χ2n) is 5.78. The van der Waals surface area contributed by atoms with Crippen LogP contribution < -0.4 is 0 Å². The largest absolute Gasteiger partial charge is 0.351 e. The highest BCUT2D eigenvalue weighted by Crippen LogP contribution is 2.19. The number of nitrogens with zero attached hydrogens (tertiary/aromatic N) is 2. The van der Waals surface area contributed by atoms with Crippen LogP contribution in [0.1, 0.15) is 23.3 Å². The molecule has 0 spiro atoms. The van der Waals surface area contributed by atoms with Crippen molar-refractivity contribution in [3.63, 3.8) is 0 Å². The molecular weight excluding hydrogens is 250 g/mol. The Labute approximate surface area is 119 Å². The van der Waals surface area contributed by atoms with Gasteiger partial charge in [0, 0.05) is 30.0 Å². The van der Waals surface area contributed by atoms with E-state index in [0.717, 1.165) is 30.4 Å². The summed E-state index contributed by atoms with van der Waals surface area (Å²) in [5, 5.41) is 1.09. The number of piperidine rings is 1. The Morgan fingerprint density at radius 2 is 2.15 bits per heavy atom. The van der Waals surface area contributed by atoms with E-state index in [1.165, 1.54) is 6.42 Å². The number of likely N-dealkylation sites (N-methyl/N-ethyl adjacent to an activating group) is 1. The highest BCUT2D eigenvalue weighted by Gasteiger charge is 2.26. The summed E-state index contributed by atoms with van der Waals surface area (Å²) in [7, 11) is 4.17. The van der Waals surface area contributed by atoms with Crippen molar-refractivity contribution in [2.75, 3.05) is 27.2 Å². The molecule has 4 heteroatoms. The first-order valence-corrected chi connectivity index (χ1v) is 7.18. The van der Waals surface area contributed by atoms with Gasteiger partial charge in [-0.1, -0.05) is 18.2 Å². The Bertz CT molecular complexity index is 584. The van der Waals surface area contributed by atoms with Gasteiger partial charge < -0.3 is 14.8 Å². The summed E-state index contributed by atoms with van der Waals surface area (Å²) in [5.41, 5.74) is 1.72. The van der Waals surface area contributed by atoms with E-state index >= 15 is 0 Å². The van der Waals surface area contributed by atoms with Crippen LogP contribution in [0.15, 0.2) is 30.3 Å². The molecule has 106 valence electrons. The lowest BCUT2D eigenvalue weighted by atomic mass is 10.0. The summed E-state index contributed by atoms with van der Waals surface area (Å²) in [5.74, 6) is 0.118. The molecule has 1 aromatic heterocycles. The number of aromatic nitrogens is 1. The Hall–Kier alpha value is -1.81. The van der Waals surface area contributed by atoms with Gasteiger partial charge in [0.25, 0.3) is 5.91 Å². The van der Waals surface area contributed by atoms with E-state index in [2.05, 4.69) is 24.0 Å². The molecule has 1 aliphatic heterocycles. The third-order valence-corrected chi connectivity index (χ3v) is 4.17. The number of H-pyrrole nitrogens is 1. The maximum Gasteiger partial charge on any atom is 0.270 e.